The minimum Gasteiger partial charge on any atom is -0.493 e. The summed E-state index contributed by atoms with van der Waals surface area (Å²) in [6.45, 7) is 6.61. The van der Waals surface area contributed by atoms with Crippen molar-refractivity contribution < 1.29 is 14.3 Å². The van der Waals surface area contributed by atoms with Gasteiger partial charge in [0.25, 0.3) is 0 Å². The van der Waals surface area contributed by atoms with Crippen molar-refractivity contribution in [1.29, 1.82) is 0 Å². The highest BCUT2D eigenvalue weighted by molar-refractivity contribution is 6.30. The molecule has 1 amide bonds. The lowest BCUT2D eigenvalue weighted by atomic mass is 10.1. The van der Waals surface area contributed by atoms with Gasteiger partial charge in [-0.25, -0.2) is 0 Å². The Labute approximate surface area is 130 Å². The minimum absolute atomic E-state index is 0.196. The van der Waals surface area contributed by atoms with E-state index in [1.165, 1.54) is 0 Å². The number of hydrogen-bond acceptors (Lipinski definition) is 4. The van der Waals surface area contributed by atoms with E-state index in [1.807, 2.05) is 6.07 Å². The van der Waals surface area contributed by atoms with Crippen LogP contribution in [0.5, 0.6) is 11.5 Å². The van der Waals surface area contributed by atoms with Crippen LogP contribution >= 0.6 is 11.6 Å². The zero-order valence-electron chi connectivity index (χ0n) is 12.9. The highest BCUT2D eigenvalue weighted by Gasteiger charge is 2.16. The summed E-state index contributed by atoms with van der Waals surface area (Å²) in [5, 5.41) is 3.88. The molecule has 0 fully saturated rings. The summed E-state index contributed by atoms with van der Waals surface area (Å²) in [7, 11) is 1.55. The van der Waals surface area contributed by atoms with Gasteiger partial charge in [-0.15, -0.1) is 0 Å². The second-order valence-electron chi connectivity index (χ2n) is 5.25. The molecule has 0 saturated heterocycles. The predicted molar refractivity (Wildman–Crippen MR) is 83.8 cm³/mol. The number of amides is 1. The summed E-state index contributed by atoms with van der Waals surface area (Å²) in [4.78, 5) is 11.1. The molecule has 0 aliphatic rings. The first-order chi connectivity index (χ1) is 9.85. The van der Waals surface area contributed by atoms with E-state index in [-0.39, 0.29) is 12.5 Å². The molecule has 21 heavy (non-hydrogen) atoms. The summed E-state index contributed by atoms with van der Waals surface area (Å²) < 4.78 is 11.1. The van der Waals surface area contributed by atoms with Gasteiger partial charge in [-0.1, -0.05) is 32.4 Å². The van der Waals surface area contributed by atoms with Gasteiger partial charge >= 0.3 is 0 Å². The smallest absolute Gasteiger partial charge is 0.223 e. The van der Waals surface area contributed by atoms with Crippen LogP contribution in [0.4, 0.5) is 0 Å². The number of primary amides is 1. The van der Waals surface area contributed by atoms with E-state index in [2.05, 4.69) is 19.2 Å². The fraction of sp³-hybridized carbons (Fsp3) is 0.533. The van der Waals surface area contributed by atoms with Crippen LogP contribution in [-0.4, -0.2) is 25.7 Å². The molecule has 5 nitrogen and oxygen atoms in total. The van der Waals surface area contributed by atoms with E-state index in [4.69, 9.17) is 26.8 Å². The molecular formula is C15H23ClN2O3. The van der Waals surface area contributed by atoms with E-state index in [0.717, 1.165) is 5.56 Å². The number of carbonyl (C=O) groups is 1. The molecule has 0 spiro atoms. The number of carbonyl (C=O) groups excluding carboxylic acids is 1. The Morgan fingerprint density at radius 2 is 2.05 bits per heavy atom. The molecule has 1 aromatic carbocycles. The summed E-state index contributed by atoms with van der Waals surface area (Å²) in [6, 6.07) is 3.83. The first-order valence-electron chi connectivity index (χ1n) is 6.87. The standard InChI is InChI=1S/C15H23ClN2O3/c1-9(2)18-7-11-5-12(16)6-13(20-4)14(11)21-8-10(3)15(17)19/h5-6,9-10,18H,7-8H2,1-4H3,(H2,17,19). The highest BCUT2D eigenvalue weighted by atomic mass is 35.5. The van der Waals surface area contributed by atoms with Gasteiger partial charge in [0.05, 0.1) is 19.6 Å². The van der Waals surface area contributed by atoms with Crippen molar-refractivity contribution in [2.45, 2.75) is 33.4 Å². The van der Waals surface area contributed by atoms with Crippen molar-refractivity contribution in [3.05, 3.63) is 22.7 Å². The average molecular weight is 315 g/mol. The van der Waals surface area contributed by atoms with E-state index < -0.39 is 5.91 Å². The molecule has 1 rings (SSSR count). The minimum atomic E-state index is -0.398. The third-order valence-electron chi connectivity index (χ3n) is 2.98. The van der Waals surface area contributed by atoms with Crippen LogP contribution in [0.15, 0.2) is 12.1 Å². The first-order valence-corrected chi connectivity index (χ1v) is 7.24. The molecule has 0 aromatic heterocycles. The lowest BCUT2D eigenvalue weighted by molar-refractivity contribution is -0.122. The van der Waals surface area contributed by atoms with Crippen molar-refractivity contribution in [2.24, 2.45) is 11.7 Å². The summed E-state index contributed by atoms with van der Waals surface area (Å²) in [5.74, 6) is 0.351. The molecule has 0 heterocycles. The van der Waals surface area contributed by atoms with Crippen LogP contribution < -0.4 is 20.5 Å². The quantitative estimate of drug-likeness (QED) is 0.772. The van der Waals surface area contributed by atoms with Crippen LogP contribution in [0.3, 0.4) is 0 Å². The molecule has 1 atom stereocenters. The molecule has 0 bridgehead atoms. The molecule has 3 N–H and O–H groups in total. The van der Waals surface area contributed by atoms with Crippen LogP contribution in [-0.2, 0) is 11.3 Å². The maximum Gasteiger partial charge on any atom is 0.223 e. The van der Waals surface area contributed by atoms with E-state index in [9.17, 15) is 4.79 Å². The van der Waals surface area contributed by atoms with Gasteiger partial charge in [0, 0.05) is 29.2 Å². The number of rotatable bonds is 8. The van der Waals surface area contributed by atoms with Crippen LogP contribution in [0.2, 0.25) is 5.02 Å². The fourth-order valence-corrected chi connectivity index (χ4v) is 1.90. The molecule has 1 unspecified atom stereocenters. The second kappa shape index (κ2) is 8.10. The zero-order valence-corrected chi connectivity index (χ0v) is 13.7. The molecule has 0 aliphatic carbocycles. The lowest BCUT2D eigenvalue weighted by Gasteiger charge is -2.18. The van der Waals surface area contributed by atoms with E-state index >= 15 is 0 Å². The maximum atomic E-state index is 11.1. The van der Waals surface area contributed by atoms with Crippen LogP contribution in [0.1, 0.15) is 26.3 Å². The summed E-state index contributed by atoms with van der Waals surface area (Å²) in [6.07, 6.45) is 0. The Bertz CT molecular complexity index is 492. The topological polar surface area (TPSA) is 73.6 Å². The Kier molecular flexibility index (Phi) is 6.78. The number of ether oxygens (including phenoxy) is 2. The van der Waals surface area contributed by atoms with Gasteiger partial charge in [0.15, 0.2) is 11.5 Å². The van der Waals surface area contributed by atoms with Gasteiger partial charge in [0.2, 0.25) is 5.91 Å². The van der Waals surface area contributed by atoms with Crippen molar-refractivity contribution in [1.82, 2.24) is 5.32 Å². The molecular weight excluding hydrogens is 292 g/mol. The van der Waals surface area contributed by atoms with E-state index in [1.54, 1.807) is 20.1 Å². The lowest BCUT2D eigenvalue weighted by Crippen LogP contribution is -2.26. The van der Waals surface area contributed by atoms with Crippen molar-refractivity contribution in [3.8, 4) is 11.5 Å². The van der Waals surface area contributed by atoms with Gasteiger partial charge in [0.1, 0.15) is 0 Å². The predicted octanol–water partition coefficient (Wildman–Crippen LogP) is 2.35. The molecule has 0 radical (unpaired) electrons. The highest BCUT2D eigenvalue weighted by Crippen LogP contribution is 2.35. The Morgan fingerprint density at radius 3 is 2.57 bits per heavy atom. The SMILES string of the molecule is COc1cc(Cl)cc(CNC(C)C)c1OCC(C)C(N)=O. The maximum absolute atomic E-state index is 11.1. The number of nitrogens with two attached hydrogens (primary N) is 1. The molecule has 6 heteroatoms. The normalized spacial score (nSPS) is 12.3. The van der Waals surface area contributed by atoms with Crippen molar-refractivity contribution >= 4 is 17.5 Å². The largest absolute Gasteiger partial charge is 0.493 e. The summed E-state index contributed by atoms with van der Waals surface area (Å²) >= 11 is 6.09. The van der Waals surface area contributed by atoms with Crippen molar-refractivity contribution in [3.63, 3.8) is 0 Å². The van der Waals surface area contributed by atoms with E-state index in [0.29, 0.717) is 29.1 Å². The number of nitrogens with one attached hydrogen (secondary N) is 1. The average Bonchev–Trinajstić information content (AvgIpc) is 2.42. The third-order valence-corrected chi connectivity index (χ3v) is 3.20. The Balaban J connectivity index is 2.98. The number of halogens is 1. The monoisotopic (exact) mass is 314 g/mol. The van der Waals surface area contributed by atoms with Gasteiger partial charge in [-0.2, -0.15) is 0 Å². The van der Waals surface area contributed by atoms with Crippen LogP contribution in [0.25, 0.3) is 0 Å². The molecule has 0 aliphatic heterocycles. The Hall–Kier alpha value is -1.46. The fourth-order valence-electron chi connectivity index (χ4n) is 1.67. The number of hydrogen-bond donors (Lipinski definition) is 2. The van der Waals surface area contributed by atoms with Crippen molar-refractivity contribution in [2.75, 3.05) is 13.7 Å². The van der Waals surface area contributed by atoms with Crippen LogP contribution in [0, 0.1) is 5.92 Å². The Morgan fingerprint density at radius 1 is 1.38 bits per heavy atom. The zero-order chi connectivity index (χ0) is 16.0. The second-order valence-corrected chi connectivity index (χ2v) is 5.68. The number of methoxy groups -OCH3 is 1. The first kappa shape index (κ1) is 17.6. The van der Waals surface area contributed by atoms with Gasteiger partial charge in [-0.05, 0) is 6.07 Å². The van der Waals surface area contributed by atoms with Gasteiger partial charge < -0.3 is 20.5 Å². The summed E-state index contributed by atoms with van der Waals surface area (Å²) in [5.41, 5.74) is 6.13. The molecule has 0 saturated carbocycles. The van der Waals surface area contributed by atoms with Gasteiger partial charge in [-0.3, -0.25) is 4.79 Å². The number of benzene rings is 1. The third kappa shape index (κ3) is 5.44. The molecule has 118 valence electrons. The molecule has 1 aromatic rings.